The molecule has 0 fully saturated rings. The molecule has 0 saturated carbocycles. The van der Waals surface area contributed by atoms with E-state index in [2.05, 4.69) is 138 Å². The highest BCUT2D eigenvalue weighted by atomic mass is 15.6. The van der Waals surface area contributed by atoms with E-state index in [1.54, 1.807) is 0 Å². The molecule has 0 N–H and O–H groups in total. The van der Waals surface area contributed by atoms with Crippen molar-refractivity contribution < 1.29 is 0 Å². The first-order chi connectivity index (χ1) is 21.3. The van der Waals surface area contributed by atoms with Crippen molar-refractivity contribution >= 4 is 34.0 Å². The van der Waals surface area contributed by atoms with E-state index in [4.69, 9.17) is 9.97 Å². The lowest BCUT2D eigenvalue weighted by Crippen LogP contribution is -2.54. The zero-order chi connectivity index (χ0) is 28.6. The summed E-state index contributed by atoms with van der Waals surface area (Å²) < 4.78 is 4.76. The van der Waals surface area contributed by atoms with Crippen LogP contribution in [-0.4, -0.2) is 62.0 Å². The summed E-state index contributed by atoms with van der Waals surface area (Å²) in [7, 11) is 0. The number of imidazole rings is 2. The standard InChI is InChI=1S/C35H36N8/c1-3-11-28(12-4-1)19-21-38-23-40(34-36-30-15-7-9-17-32(30)42(34)25-38)27-41-24-39(22-20-29-13-5-2-6-14-29)26-43-33-18-10-8-16-31(33)37-35(41)43/h1-18H,19-27H2. The van der Waals surface area contributed by atoms with Gasteiger partial charge in [0.1, 0.15) is 0 Å². The molecule has 216 valence electrons. The molecule has 2 aliphatic rings. The fourth-order valence-corrected chi connectivity index (χ4v) is 6.55. The van der Waals surface area contributed by atoms with Crippen molar-refractivity contribution in [3.8, 4) is 0 Å². The van der Waals surface area contributed by atoms with Gasteiger partial charge in [0.2, 0.25) is 11.9 Å². The molecule has 4 aromatic carbocycles. The van der Waals surface area contributed by atoms with E-state index in [-0.39, 0.29) is 0 Å². The Morgan fingerprint density at radius 2 is 0.884 bits per heavy atom. The van der Waals surface area contributed by atoms with Crippen LogP contribution in [0.25, 0.3) is 22.1 Å². The number of hydrogen-bond acceptors (Lipinski definition) is 6. The summed E-state index contributed by atoms with van der Waals surface area (Å²) in [6, 6.07) is 38.6. The highest BCUT2D eigenvalue weighted by molar-refractivity contribution is 5.80. The predicted octanol–water partition coefficient (Wildman–Crippen LogP) is 5.60. The van der Waals surface area contributed by atoms with Crippen LogP contribution in [0, 0.1) is 0 Å². The summed E-state index contributed by atoms with van der Waals surface area (Å²) in [5.41, 5.74) is 7.19. The van der Waals surface area contributed by atoms with Crippen LogP contribution in [0.5, 0.6) is 0 Å². The van der Waals surface area contributed by atoms with Crippen molar-refractivity contribution in [1.82, 2.24) is 28.9 Å². The molecule has 8 rings (SSSR count). The molecule has 6 aromatic rings. The van der Waals surface area contributed by atoms with Crippen molar-refractivity contribution in [2.45, 2.75) is 26.2 Å². The summed E-state index contributed by atoms with van der Waals surface area (Å²) in [4.78, 5) is 20.2. The number of anilines is 2. The Morgan fingerprint density at radius 1 is 0.465 bits per heavy atom. The first-order valence-corrected chi connectivity index (χ1v) is 15.2. The average molecular weight is 569 g/mol. The fourth-order valence-electron chi connectivity index (χ4n) is 6.55. The number of rotatable bonds is 8. The summed E-state index contributed by atoms with van der Waals surface area (Å²) in [6.07, 6.45) is 2.03. The molecule has 0 aliphatic carbocycles. The SMILES string of the molecule is c1ccc(CCN2CN(CN3CN(CCc4ccccc4)Cn4c3nc3ccccc34)c3nc4ccccc4n3C2)cc1. The Balaban J connectivity index is 1.11. The third-order valence-electron chi connectivity index (χ3n) is 8.72. The van der Waals surface area contributed by atoms with Crippen molar-refractivity contribution in [3.05, 3.63) is 120 Å². The van der Waals surface area contributed by atoms with Crippen molar-refractivity contribution in [2.24, 2.45) is 0 Å². The summed E-state index contributed by atoms with van der Waals surface area (Å²) in [6.45, 7) is 5.97. The summed E-state index contributed by atoms with van der Waals surface area (Å²) in [5, 5.41) is 0. The molecular weight excluding hydrogens is 532 g/mol. The maximum atomic E-state index is 5.14. The summed E-state index contributed by atoms with van der Waals surface area (Å²) in [5.74, 6) is 2.06. The van der Waals surface area contributed by atoms with Gasteiger partial charge in [-0.3, -0.25) is 18.9 Å². The van der Waals surface area contributed by atoms with Gasteiger partial charge in [0.05, 0.1) is 55.4 Å². The van der Waals surface area contributed by atoms with Gasteiger partial charge in [0.25, 0.3) is 0 Å². The van der Waals surface area contributed by atoms with E-state index in [0.29, 0.717) is 6.67 Å². The minimum absolute atomic E-state index is 0.705. The molecule has 2 aromatic heterocycles. The first kappa shape index (κ1) is 26.0. The monoisotopic (exact) mass is 568 g/mol. The topological polar surface area (TPSA) is 48.6 Å². The number of fused-ring (bicyclic) bond motifs is 6. The number of aromatic nitrogens is 4. The molecule has 0 atom stereocenters. The van der Waals surface area contributed by atoms with Crippen LogP contribution in [0.1, 0.15) is 11.1 Å². The van der Waals surface area contributed by atoms with Crippen LogP contribution in [-0.2, 0) is 26.2 Å². The van der Waals surface area contributed by atoms with Crippen LogP contribution in [0.3, 0.4) is 0 Å². The maximum Gasteiger partial charge on any atom is 0.210 e. The third-order valence-corrected chi connectivity index (χ3v) is 8.72. The molecule has 8 heteroatoms. The fraction of sp³-hybridized carbons (Fsp3) is 0.257. The number of hydrogen-bond donors (Lipinski definition) is 0. The van der Waals surface area contributed by atoms with E-state index in [1.807, 2.05) is 0 Å². The summed E-state index contributed by atoms with van der Waals surface area (Å²) >= 11 is 0. The van der Waals surface area contributed by atoms with Crippen molar-refractivity contribution in [2.75, 3.05) is 42.9 Å². The Bertz CT molecular complexity index is 1710. The highest BCUT2D eigenvalue weighted by Crippen LogP contribution is 2.31. The zero-order valence-corrected chi connectivity index (χ0v) is 24.3. The highest BCUT2D eigenvalue weighted by Gasteiger charge is 2.31. The minimum Gasteiger partial charge on any atom is -0.311 e. The van der Waals surface area contributed by atoms with Gasteiger partial charge in [-0.25, -0.2) is 9.97 Å². The van der Waals surface area contributed by atoms with Crippen molar-refractivity contribution in [3.63, 3.8) is 0 Å². The average Bonchev–Trinajstić information content (AvgIpc) is 3.63. The minimum atomic E-state index is 0.705. The quantitative estimate of drug-likeness (QED) is 0.238. The molecule has 2 aliphatic heterocycles. The smallest absolute Gasteiger partial charge is 0.210 e. The van der Waals surface area contributed by atoms with Gasteiger partial charge in [-0.2, -0.15) is 0 Å². The molecule has 0 unspecified atom stereocenters. The zero-order valence-electron chi connectivity index (χ0n) is 24.3. The van der Waals surface area contributed by atoms with Gasteiger partial charge >= 0.3 is 0 Å². The molecule has 4 heterocycles. The molecule has 0 radical (unpaired) electrons. The largest absolute Gasteiger partial charge is 0.311 e. The lowest BCUT2D eigenvalue weighted by Gasteiger charge is -2.43. The molecule has 8 nitrogen and oxygen atoms in total. The van der Waals surface area contributed by atoms with Crippen LogP contribution in [0.4, 0.5) is 11.9 Å². The van der Waals surface area contributed by atoms with Gasteiger partial charge in [-0.05, 0) is 48.2 Å². The molecule has 0 amide bonds. The molecular formula is C35H36N8. The maximum absolute atomic E-state index is 5.14. The lowest BCUT2D eigenvalue weighted by atomic mass is 10.1. The van der Waals surface area contributed by atoms with Crippen LogP contribution in [0.15, 0.2) is 109 Å². The van der Waals surface area contributed by atoms with E-state index in [9.17, 15) is 0 Å². The Labute approximate surface area is 252 Å². The Morgan fingerprint density at radius 3 is 1.35 bits per heavy atom. The Hall–Kier alpha value is -4.66. The number of benzene rings is 4. The van der Waals surface area contributed by atoms with Crippen LogP contribution in [0.2, 0.25) is 0 Å². The lowest BCUT2D eigenvalue weighted by molar-refractivity contribution is 0.185. The van der Waals surface area contributed by atoms with Crippen molar-refractivity contribution in [1.29, 1.82) is 0 Å². The van der Waals surface area contributed by atoms with Gasteiger partial charge < -0.3 is 9.80 Å². The van der Waals surface area contributed by atoms with E-state index >= 15 is 0 Å². The van der Waals surface area contributed by atoms with Gasteiger partial charge in [0.15, 0.2) is 0 Å². The predicted molar refractivity (Wildman–Crippen MR) is 173 cm³/mol. The second-order valence-electron chi connectivity index (χ2n) is 11.7. The van der Waals surface area contributed by atoms with Gasteiger partial charge in [-0.15, -0.1) is 0 Å². The van der Waals surface area contributed by atoms with E-state index in [0.717, 1.165) is 75.5 Å². The van der Waals surface area contributed by atoms with E-state index < -0.39 is 0 Å². The second kappa shape index (κ2) is 11.2. The third kappa shape index (κ3) is 5.13. The van der Waals surface area contributed by atoms with Crippen LogP contribution < -0.4 is 9.80 Å². The van der Waals surface area contributed by atoms with Crippen LogP contribution >= 0.6 is 0 Å². The molecule has 0 spiro atoms. The Kier molecular flexibility index (Phi) is 6.78. The number of para-hydroxylation sites is 4. The first-order valence-electron chi connectivity index (χ1n) is 15.2. The van der Waals surface area contributed by atoms with Gasteiger partial charge in [-0.1, -0.05) is 84.9 Å². The number of nitrogens with zero attached hydrogens (tertiary/aromatic N) is 8. The van der Waals surface area contributed by atoms with E-state index in [1.165, 1.54) is 22.2 Å². The van der Waals surface area contributed by atoms with Gasteiger partial charge in [0, 0.05) is 13.1 Å². The molecule has 43 heavy (non-hydrogen) atoms. The molecule has 0 saturated heterocycles. The second-order valence-corrected chi connectivity index (χ2v) is 11.7. The normalized spacial score (nSPS) is 15.7. The molecule has 0 bridgehead atoms.